The number of aromatic nitrogens is 3. The van der Waals surface area contributed by atoms with E-state index < -0.39 is 0 Å². The Bertz CT molecular complexity index is 1040. The van der Waals surface area contributed by atoms with Crippen molar-refractivity contribution in [3.8, 4) is 22.3 Å². The van der Waals surface area contributed by atoms with Gasteiger partial charge in [0.05, 0.1) is 5.69 Å². The molecule has 0 fully saturated rings. The minimum Gasteiger partial charge on any atom is -0.377 e. The Morgan fingerprint density at radius 2 is 1.88 bits per heavy atom. The van der Waals surface area contributed by atoms with Gasteiger partial charge < -0.3 is 14.4 Å². The van der Waals surface area contributed by atoms with Gasteiger partial charge in [-0.15, -0.1) is 0 Å². The van der Waals surface area contributed by atoms with Crippen LogP contribution in [0.25, 0.3) is 33.3 Å². The van der Waals surface area contributed by atoms with Gasteiger partial charge in [-0.3, -0.25) is 0 Å². The summed E-state index contributed by atoms with van der Waals surface area (Å²) in [5.41, 5.74) is 7.32. The number of hydrogen-bond acceptors (Lipinski definition) is 4. The standard InChI is InChI=1S/C20H20N4O/c1-12-19(13(2)25-23-12)17-10-14(5-6-18(17)24(3)4)16-9-15-7-8-21-20(15)22-11-16/h5-11H,1-4H3,(H,21,22). The molecule has 4 aromatic rings. The Labute approximate surface area is 146 Å². The first-order chi connectivity index (χ1) is 12.0. The fourth-order valence-electron chi connectivity index (χ4n) is 3.27. The summed E-state index contributed by atoms with van der Waals surface area (Å²) in [7, 11) is 4.09. The molecular formula is C20H20N4O. The van der Waals surface area contributed by atoms with Crippen LogP contribution in [0.4, 0.5) is 5.69 Å². The average Bonchev–Trinajstić information content (AvgIpc) is 3.20. The molecular weight excluding hydrogens is 312 g/mol. The molecule has 0 bridgehead atoms. The Balaban J connectivity index is 1.92. The van der Waals surface area contributed by atoms with Crippen LogP contribution in [-0.4, -0.2) is 29.2 Å². The van der Waals surface area contributed by atoms with E-state index in [2.05, 4.69) is 44.3 Å². The van der Waals surface area contributed by atoms with Crippen molar-refractivity contribution in [2.24, 2.45) is 0 Å². The largest absolute Gasteiger partial charge is 0.377 e. The molecule has 0 saturated carbocycles. The lowest BCUT2D eigenvalue weighted by Gasteiger charge is -2.18. The first kappa shape index (κ1) is 15.4. The average molecular weight is 332 g/mol. The number of rotatable bonds is 3. The highest BCUT2D eigenvalue weighted by Crippen LogP contribution is 2.37. The molecule has 4 rings (SSSR count). The van der Waals surface area contributed by atoms with Gasteiger partial charge in [0.1, 0.15) is 11.4 Å². The Kier molecular flexibility index (Phi) is 3.57. The molecule has 1 aromatic carbocycles. The maximum Gasteiger partial charge on any atom is 0.141 e. The first-order valence-electron chi connectivity index (χ1n) is 8.22. The molecule has 3 aromatic heterocycles. The van der Waals surface area contributed by atoms with E-state index in [0.717, 1.165) is 50.4 Å². The lowest BCUT2D eigenvalue weighted by Crippen LogP contribution is -2.10. The maximum absolute atomic E-state index is 5.39. The van der Waals surface area contributed by atoms with Gasteiger partial charge in [0.2, 0.25) is 0 Å². The number of aromatic amines is 1. The van der Waals surface area contributed by atoms with E-state index in [1.165, 1.54) is 0 Å². The van der Waals surface area contributed by atoms with Crippen molar-refractivity contribution < 1.29 is 4.52 Å². The van der Waals surface area contributed by atoms with Gasteiger partial charge in [-0.25, -0.2) is 4.98 Å². The van der Waals surface area contributed by atoms with E-state index >= 15 is 0 Å². The summed E-state index contributed by atoms with van der Waals surface area (Å²) in [6, 6.07) is 10.7. The van der Waals surface area contributed by atoms with E-state index in [0.29, 0.717) is 0 Å². The van der Waals surface area contributed by atoms with Crippen molar-refractivity contribution in [1.82, 2.24) is 15.1 Å². The number of aryl methyl sites for hydroxylation is 2. The molecule has 5 heteroatoms. The number of H-pyrrole nitrogens is 1. The van der Waals surface area contributed by atoms with Crippen molar-refractivity contribution in [3.05, 3.63) is 54.2 Å². The molecule has 0 aliphatic carbocycles. The molecule has 126 valence electrons. The predicted octanol–water partition coefficient (Wildman–Crippen LogP) is 4.57. The normalized spacial score (nSPS) is 11.2. The van der Waals surface area contributed by atoms with Crippen LogP contribution in [0.5, 0.6) is 0 Å². The van der Waals surface area contributed by atoms with E-state index in [-0.39, 0.29) is 0 Å². The zero-order valence-electron chi connectivity index (χ0n) is 14.8. The summed E-state index contributed by atoms with van der Waals surface area (Å²) in [6.45, 7) is 3.93. The van der Waals surface area contributed by atoms with E-state index in [9.17, 15) is 0 Å². The molecule has 0 amide bonds. The highest BCUT2D eigenvalue weighted by atomic mass is 16.5. The molecule has 3 heterocycles. The van der Waals surface area contributed by atoms with Crippen molar-refractivity contribution in [2.45, 2.75) is 13.8 Å². The summed E-state index contributed by atoms with van der Waals surface area (Å²) in [5, 5.41) is 5.22. The van der Waals surface area contributed by atoms with Gasteiger partial charge in [0.25, 0.3) is 0 Å². The molecule has 5 nitrogen and oxygen atoms in total. The molecule has 25 heavy (non-hydrogen) atoms. The summed E-state index contributed by atoms with van der Waals surface area (Å²) >= 11 is 0. The van der Waals surface area contributed by atoms with Crippen LogP contribution in [-0.2, 0) is 0 Å². The van der Waals surface area contributed by atoms with Crippen LogP contribution in [0.1, 0.15) is 11.5 Å². The number of hydrogen-bond donors (Lipinski definition) is 1. The highest BCUT2D eigenvalue weighted by Gasteiger charge is 2.17. The summed E-state index contributed by atoms with van der Waals surface area (Å²) in [5.74, 6) is 0.831. The second-order valence-corrected chi connectivity index (χ2v) is 6.47. The molecule has 0 spiro atoms. The second-order valence-electron chi connectivity index (χ2n) is 6.47. The Hall–Kier alpha value is -3.08. The zero-order valence-corrected chi connectivity index (χ0v) is 14.8. The van der Waals surface area contributed by atoms with Crippen molar-refractivity contribution in [3.63, 3.8) is 0 Å². The lowest BCUT2D eigenvalue weighted by atomic mass is 9.96. The summed E-state index contributed by atoms with van der Waals surface area (Å²) < 4.78 is 5.39. The number of anilines is 1. The number of nitrogens with one attached hydrogen (secondary N) is 1. The molecule has 0 unspecified atom stereocenters. The van der Waals surface area contributed by atoms with Gasteiger partial charge in [0.15, 0.2) is 0 Å². The third-order valence-corrected chi connectivity index (χ3v) is 4.51. The Morgan fingerprint density at radius 3 is 2.60 bits per heavy atom. The van der Waals surface area contributed by atoms with Crippen molar-refractivity contribution in [2.75, 3.05) is 19.0 Å². The van der Waals surface area contributed by atoms with E-state index in [1.807, 2.05) is 46.4 Å². The molecule has 0 atom stereocenters. The fourth-order valence-corrected chi connectivity index (χ4v) is 3.27. The van der Waals surface area contributed by atoms with Gasteiger partial charge >= 0.3 is 0 Å². The van der Waals surface area contributed by atoms with Gasteiger partial charge in [0, 0.05) is 54.3 Å². The van der Waals surface area contributed by atoms with Crippen LogP contribution in [0.3, 0.4) is 0 Å². The minimum atomic E-state index is 0.831. The number of nitrogens with zero attached hydrogens (tertiary/aromatic N) is 3. The number of benzene rings is 1. The van der Waals surface area contributed by atoms with Gasteiger partial charge in [-0.05, 0) is 43.7 Å². The van der Waals surface area contributed by atoms with Crippen LogP contribution in [0.2, 0.25) is 0 Å². The van der Waals surface area contributed by atoms with Crippen molar-refractivity contribution >= 4 is 16.7 Å². The van der Waals surface area contributed by atoms with Crippen LogP contribution in [0, 0.1) is 13.8 Å². The number of pyridine rings is 1. The quantitative estimate of drug-likeness (QED) is 0.597. The maximum atomic E-state index is 5.39. The van der Waals surface area contributed by atoms with E-state index in [4.69, 9.17) is 4.52 Å². The lowest BCUT2D eigenvalue weighted by molar-refractivity contribution is 0.393. The van der Waals surface area contributed by atoms with Crippen LogP contribution < -0.4 is 4.90 Å². The van der Waals surface area contributed by atoms with Gasteiger partial charge in [-0.1, -0.05) is 11.2 Å². The smallest absolute Gasteiger partial charge is 0.141 e. The summed E-state index contributed by atoms with van der Waals surface area (Å²) in [4.78, 5) is 9.75. The minimum absolute atomic E-state index is 0.831. The molecule has 0 radical (unpaired) electrons. The third kappa shape index (κ3) is 2.58. The molecule has 0 aliphatic heterocycles. The van der Waals surface area contributed by atoms with E-state index in [1.54, 1.807) is 0 Å². The highest BCUT2D eigenvalue weighted by molar-refractivity contribution is 5.87. The molecule has 1 N–H and O–H groups in total. The fraction of sp³-hybridized carbons (Fsp3) is 0.200. The topological polar surface area (TPSA) is 58.0 Å². The summed E-state index contributed by atoms with van der Waals surface area (Å²) in [6.07, 6.45) is 3.81. The zero-order chi connectivity index (χ0) is 17.6. The van der Waals surface area contributed by atoms with Crippen molar-refractivity contribution in [1.29, 1.82) is 0 Å². The monoisotopic (exact) mass is 332 g/mol. The van der Waals surface area contributed by atoms with Gasteiger partial charge in [-0.2, -0.15) is 0 Å². The van der Waals surface area contributed by atoms with Crippen LogP contribution >= 0.6 is 0 Å². The van der Waals surface area contributed by atoms with Crippen LogP contribution in [0.15, 0.2) is 47.2 Å². The number of fused-ring (bicyclic) bond motifs is 1. The first-order valence-corrected chi connectivity index (χ1v) is 8.22. The third-order valence-electron chi connectivity index (χ3n) is 4.51. The Morgan fingerprint density at radius 1 is 1.04 bits per heavy atom. The predicted molar refractivity (Wildman–Crippen MR) is 101 cm³/mol. The SMILES string of the molecule is Cc1noc(C)c1-c1cc(-c2cnc3[nH]ccc3c2)ccc1N(C)C. The second kappa shape index (κ2) is 5.77. The molecule has 0 saturated heterocycles. The molecule has 0 aliphatic rings.